The Morgan fingerprint density at radius 2 is 1.71 bits per heavy atom. The first-order chi connectivity index (χ1) is 11.4. The first-order valence-corrected chi connectivity index (χ1v) is 9.57. The molecule has 0 fully saturated rings. The molecule has 5 nitrogen and oxygen atoms in total. The summed E-state index contributed by atoms with van der Waals surface area (Å²) in [5, 5.41) is 3.79. The molecule has 2 aromatic rings. The number of sulfonamides is 1. The van der Waals surface area contributed by atoms with Gasteiger partial charge >= 0.3 is 0 Å². The van der Waals surface area contributed by atoms with E-state index in [1.165, 1.54) is 6.08 Å². The van der Waals surface area contributed by atoms with Crippen molar-refractivity contribution >= 4 is 43.6 Å². The van der Waals surface area contributed by atoms with E-state index in [-0.39, 0.29) is 18.9 Å². The molecule has 0 atom stereocenters. The van der Waals surface area contributed by atoms with Crippen LogP contribution in [0.15, 0.2) is 64.5 Å². The van der Waals surface area contributed by atoms with Crippen molar-refractivity contribution in [3.05, 3.63) is 70.0 Å². The van der Waals surface area contributed by atoms with E-state index in [1.54, 1.807) is 24.3 Å². The van der Waals surface area contributed by atoms with Crippen LogP contribution in [-0.2, 0) is 14.8 Å². The van der Waals surface area contributed by atoms with Crippen LogP contribution in [0.1, 0.15) is 12.0 Å². The van der Waals surface area contributed by atoms with E-state index >= 15 is 0 Å². The van der Waals surface area contributed by atoms with Crippen LogP contribution in [0.25, 0.3) is 6.08 Å². The lowest BCUT2D eigenvalue weighted by Crippen LogP contribution is -2.26. The molecule has 0 saturated carbocycles. The molecular formula is C17H17BrN2O3S. The van der Waals surface area contributed by atoms with Gasteiger partial charge in [-0.15, -0.1) is 0 Å². The molecule has 0 spiro atoms. The Labute approximate surface area is 150 Å². The Kier molecular flexibility index (Phi) is 6.72. The first-order valence-electron chi connectivity index (χ1n) is 7.23. The third-order valence-electron chi connectivity index (χ3n) is 3.02. The minimum absolute atomic E-state index is 0.0316. The first kappa shape index (κ1) is 18.4. The zero-order chi connectivity index (χ0) is 17.4. The lowest BCUT2D eigenvalue weighted by Gasteiger charge is -2.06. The summed E-state index contributed by atoms with van der Waals surface area (Å²) in [7, 11) is -3.57. The second kappa shape index (κ2) is 8.77. The van der Waals surface area contributed by atoms with Gasteiger partial charge in [-0.3, -0.25) is 4.79 Å². The molecule has 0 unspecified atom stereocenters. The van der Waals surface area contributed by atoms with Gasteiger partial charge in [0.05, 0.1) is 0 Å². The number of benzene rings is 2. The molecule has 126 valence electrons. The van der Waals surface area contributed by atoms with Crippen molar-refractivity contribution in [2.45, 2.75) is 6.42 Å². The molecule has 24 heavy (non-hydrogen) atoms. The largest absolute Gasteiger partial charge is 0.326 e. The Hall–Kier alpha value is -1.96. The third-order valence-corrected chi connectivity index (χ3v) is 4.65. The molecule has 2 rings (SSSR count). The molecule has 0 aliphatic carbocycles. The van der Waals surface area contributed by atoms with Crippen LogP contribution in [0.4, 0.5) is 5.69 Å². The van der Waals surface area contributed by atoms with Crippen molar-refractivity contribution in [3.8, 4) is 0 Å². The zero-order valence-electron chi connectivity index (χ0n) is 12.8. The number of anilines is 1. The van der Waals surface area contributed by atoms with E-state index < -0.39 is 10.0 Å². The summed E-state index contributed by atoms with van der Waals surface area (Å²) < 4.78 is 27.0. The molecule has 0 bridgehead atoms. The molecule has 0 saturated heterocycles. The van der Waals surface area contributed by atoms with Crippen molar-refractivity contribution < 1.29 is 13.2 Å². The standard InChI is InChI=1S/C17H17BrN2O3S/c18-15-6-8-16(9-7-15)20-17(21)10-12-19-24(22,23)13-11-14-4-2-1-3-5-14/h1-9,11,13,19H,10,12H2,(H,20,21). The van der Waals surface area contributed by atoms with Crippen molar-refractivity contribution in [2.75, 3.05) is 11.9 Å². The summed E-state index contributed by atoms with van der Waals surface area (Å²) in [6.07, 6.45) is 1.55. The highest BCUT2D eigenvalue weighted by atomic mass is 79.9. The van der Waals surface area contributed by atoms with Crippen molar-refractivity contribution in [3.63, 3.8) is 0 Å². The highest BCUT2D eigenvalue weighted by molar-refractivity contribution is 9.10. The van der Waals surface area contributed by atoms with Gasteiger partial charge in [0.25, 0.3) is 0 Å². The van der Waals surface area contributed by atoms with E-state index in [9.17, 15) is 13.2 Å². The summed E-state index contributed by atoms with van der Waals surface area (Å²) in [6, 6.07) is 16.3. The maximum Gasteiger partial charge on any atom is 0.233 e. The van der Waals surface area contributed by atoms with E-state index in [0.29, 0.717) is 5.69 Å². The second-order valence-electron chi connectivity index (χ2n) is 4.96. The van der Waals surface area contributed by atoms with Crippen molar-refractivity contribution in [1.29, 1.82) is 0 Å². The molecule has 2 N–H and O–H groups in total. The summed E-state index contributed by atoms with van der Waals surface area (Å²) in [5.41, 5.74) is 1.45. The molecule has 1 amide bonds. The molecule has 0 aromatic heterocycles. The number of halogens is 1. The predicted octanol–water partition coefficient (Wildman–Crippen LogP) is 3.37. The number of hydrogen-bond donors (Lipinski definition) is 2. The maximum atomic E-state index is 11.8. The minimum atomic E-state index is -3.57. The van der Waals surface area contributed by atoms with Crippen molar-refractivity contribution in [2.24, 2.45) is 0 Å². The van der Waals surface area contributed by atoms with E-state index in [1.807, 2.05) is 30.3 Å². The summed E-state index contributed by atoms with van der Waals surface area (Å²) in [4.78, 5) is 11.8. The molecule has 7 heteroatoms. The normalized spacial score (nSPS) is 11.5. The fourth-order valence-corrected chi connectivity index (χ4v) is 2.93. The number of carbonyl (C=O) groups is 1. The van der Waals surface area contributed by atoms with Gasteiger partial charge < -0.3 is 5.32 Å². The maximum absolute atomic E-state index is 11.8. The van der Waals surface area contributed by atoms with Gasteiger partial charge in [0, 0.05) is 28.5 Å². The topological polar surface area (TPSA) is 75.3 Å². The van der Waals surface area contributed by atoms with Gasteiger partial charge in [-0.05, 0) is 35.9 Å². The lowest BCUT2D eigenvalue weighted by atomic mass is 10.2. The van der Waals surface area contributed by atoms with Crippen LogP contribution in [0.5, 0.6) is 0 Å². The molecule has 0 heterocycles. The van der Waals surface area contributed by atoms with Crippen molar-refractivity contribution in [1.82, 2.24) is 4.72 Å². The molecule has 0 aliphatic heterocycles. The SMILES string of the molecule is O=C(CCNS(=O)(=O)C=Cc1ccccc1)Nc1ccc(Br)cc1. The van der Waals surface area contributed by atoms with Crippen LogP contribution in [-0.4, -0.2) is 20.9 Å². The summed E-state index contributed by atoms with van der Waals surface area (Å²) in [6.45, 7) is 0.0316. The number of hydrogen-bond acceptors (Lipinski definition) is 3. The van der Waals surface area contributed by atoms with Crippen LogP contribution in [0.3, 0.4) is 0 Å². The highest BCUT2D eigenvalue weighted by Gasteiger charge is 2.07. The fourth-order valence-electron chi connectivity index (χ4n) is 1.84. The number of amides is 1. The zero-order valence-corrected chi connectivity index (χ0v) is 15.2. The van der Waals surface area contributed by atoms with Gasteiger partial charge in [-0.2, -0.15) is 0 Å². The van der Waals surface area contributed by atoms with E-state index in [0.717, 1.165) is 15.4 Å². The number of rotatable bonds is 7. The third kappa shape index (κ3) is 6.66. The minimum Gasteiger partial charge on any atom is -0.326 e. The van der Waals surface area contributed by atoms with E-state index in [2.05, 4.69) is 26.0 Å². The average Bonchev–Trinajstić information content (AvgIpc) is 2.56. The summed E-state index contributed by atoms with van der Waals surface area (Å²) >= 11 is 3.31. The number of carbonyl (C=O) groups excluding carboxylic acids is 1. The predicted molar refractivity (Wildman–Crippen MR) is 99.8 cm³/mol. The van der Waals surface area contributed by atoms with Gasteiger partial charge in [0.2, 0.25) is 15.9 Å². The van der Waals surface area contributed by atoms with Crippen LogP contribution >= 0.6 is 15.9 Å². The lowest BCUT2D eigenvalue weighted by molar-refractivity contribution is -0.116. The van der Waals surface area contributed by atoms with Gasteiger partial charge in [0.1, 0.15) is 0 Å². The Morgan fingerprint density at radius 3 is 2.38 bits per heavy atom. The smallest absolute Gasteiger partial charge is 0.233 e. The van der Waals surface area contributed by atoms with Gasteiger partial charge in [-0.1, -0.05) is 46.3 Å². The quantitative estimate of drug-likeness (QED) is 0.737. The Balaban J connectivity index is 1.79. The molecule has 0 radical (unpaired) electrons. The second-order valence-corrected chi connectivity index (χ2v) is 7.52. The Bertz CT molecular complexity index is 803. The highest BCUT2D eigenvalue weighted by Crippen LogP contribution is 2.14. The molecular weight excluding hydrogens is 392 g/mol. The van der Waals surface area contributed by atoms with E-state index in [4.69, 9.17) is 0 Å². The van der Waals surface area contributed by atoms with Crippen LogP contribution < -0.4 is 10.0 Å². The Morgan fingerprint density at radius 1 is 1.04 bits per heavy atom. The monoisotopic (exact) mass is 408 g/mol. The fraction of sp³-hybridized carbons (Fsp3) is 0.118. The van der Waals surface area contributed by atoms with Crippen LogP contribution in [0.2, 0.25) is 0 Å². The van der Waals surface area contributed by atoms with Crippen LogP contribution in [0, 0.1) is 0 Å². The molecule has 0 aliphatic rings. The number of nitrogens with one attached hydrogen (secondary N) is 2. The average molecular weight is 409 g/mol. The molecule has 2 aromatic carbocycles. The summed E-state index contributed by atoms with van der Waals surface area (Å²) in [5.74, 6) is -0.257. The van der Waals surface area contributed by atoms with Gasteiger partial charge in [0.15, 0.2) is 0 Å². The van der Waals surface area contributed by atoms with Gasteiger partial charge in [-0.25, -0.2) is 13.1 Å².